The van der Waals surface area contributed by atoms with E-state index in [1.165, 1.54) is 0 Å². The van der Waals surface area contributed by atoms with E-state index in [4.69, 9.17) is 0 Å². The largest absolute Gasteiger partial charge is 0.394 e. The highest BCUT2D eigenvalue weighted by Crippen LogP contribution is 2.27. The van der Waals surface area contributed by atoms with Crippen LogP contribution in [-0.2, 0) is 0 Å². The zero-order valence-electron chi connectivity index (χ0n) is 18.1. The lowest BCUT2D eigenvalue weighted by Gasteiger charge is -2.25. The Morgan fingerprint density at radius 2 is 1.97 bits per heavy atom. The summed E-state index contributed by atoms with van der Waals surface area (Å²) in [4.78, 5) is 20.3. The Balaban J connectivity index is 1.82. The molecule has 0 saturated heterocycles. The van der Waals surface area contributed by atoms with E-state index in [0.29, 0.717) is 5.69 Å². The van der Waals surface area contributed by atoms with Crippen LogP contribution in [0.5, 0.6) is 0 Å². The average Bonchev–Trinajstić information content (AvgIpc) is 3.21. The molecule has 0 aliphatic carbocycles. The Morgan fingerprint density at radius 3 is 2.63 bits per heavy atom. The van der Waals surface area contributed by atoms with Crippen molar-refractivity contribution in [2.45, 2.75) is 19.9 Å². The van der Waals surface area contributed by atoms with Crippen LogP contribution >= 0.6 is 0 Å². The summed E-state index contributed by atoms with van der Waals surface area (Å²) in [6.45, 7) is 3.80. The van der Waals surface area contributed by atoms with Crippen molar-refractivity contribution >= 4 is 11.7 Å². The van der Waals surface area contributed by atoms with Gasteiger partial charge in [0.05, 0.1) is 12.6 Å². The van der Waals surface area contributed by atoms with Gasteiger partial charge >= 0.3 is 0 Å². The third kappa shape index (κ3) is 4.69. The fraction of sp³-hybridized carbons (Fsp3) is 0.304. The van der Waals surface area contributed by atoms with Crippen LogP contribution in [0.3, 0.4) is 0 Å². The van der Waals surface area contributed by atoms with Crippen LogP contribution in [0.1, 0.15) is 33.2 Å². The highest BCUT2D eigenvalue weighted by atomic mass is 16.3. The first kappa shape index (κ1) is 21.5. The second kappa shape index (κ2) is 9.11. The Kier molecular flexibility index (Phi) is 6.54. The number of carbonyl (C=O) groups excluding carboxylic acids is 1. The molecule has 0 radical (unpaired) electrons. The number of aliphatic hydroxyl groups is 1. The number of aromatic nitrogens is 2. The van der Waals surface area contributed by atoms with E-state index in [9.17, 15) is 9.90 Å². The van der Waals surface area contributed by atoms with Crippen LogP contribution in [0, 0.1) is 13.8 Å². The Bertz CT molecular complexity index is 1030. The van der Waals surface area contributed by atoms with Gasteiger partial charge in [0, 0.05) is 39.1 Å². The summed E-state index contributed by atoms with van der Waals surface area (Å²) in [5, 5.41) is 16.6. The van der Waals surface area contributed by atoms with E-state index < -0.39 is 6.04 Å². The standard InChI is InChI=1S/C23H29N5O2/c1-15-7-6-8-17(9-15)21(14-29)26-23(30)20-10-18(13-24-20)19-11-22(25-12-16(19)2)28(5)27(3)4/h6-13,21,24,29H,14H2,1-5H3,(H,26,30)/t21-/m1/s1. The molecule has 2 heterocycles. The molecule has 7 heteroatoms. The Hall–Kier alpha value is -3.16. The predicted octanol–water partition coefficient (Wildman–Crippen LogP) is 3.07. The molecule has 0 spiro atoms. The molecule has 30 heavy (non-hydrogen) atoms. The highest BCUT2D eigenvalue weighted by Gasteiger charge is 2.18. The molecule has 0 aliphatic rings. The molecule has 2 aromatic heterocycles. The van der Waals surface area contributed by atoms with Crippen molar-refractivity contribution in [3.8, 4) is 11.1 Å². The second-order valence-electron chi connectivity index (χ2n) is 7.65. The molecular weight excluding hydrogens is 378 g/mol. The molecule has 3 N–H and O–H groups in total. The van der Waals surface area contributed by atoms with Crippen molar-refractivity contribution in [2.24, 2.45) is 0 Å². The van der Waals surface area contributed by atoms with Crippen molar-refractivity contribution in [3.05, 3.63) is 71.2 Å². The fourth-order valence-electron chi connectivity index (χ4n) is 3.24. The topological polar surface area (TPSA) is 84.5 Å². The molecule has 0 aliphatic heterocycles. The van der Waals surface area contributed by atoms with Crippen LogP contribution in [0.2, 0.25) is 0 Å². The van der Waals surface area contributed by atoms with E-state index >= 15 is 0 Å². The van der Waals surface area contributed by atoms with E-state index in [0.717, 1.165) is 33.6 Å². The zero-order chi connectivity index (χ0) is 21.8. The highest BCUT2D eigenvalue weighted by molar-refractivity contribution is 5.94. The molecule has 1 atom stereocenters. The van der Waals surface area contributed by atoms with Crippen molar-refractivity contribution in [1.82, 2.24) is 20.3 Å². The third-order valence-corrected chi connectivity index (χ3v) is 5.19. The maximum Gasteiger partial charge on any atom is 0.268 e. The van der Waals surface area contributed by atoms with Crippen LogP contribution in [-0.4, -0.2) is 53.7 Å². The molecule has 7 nitrogen and oxygen atoms in total. The van der Waals surface area contributed by atoms with Gasteiger partial charge in [0.1, 0.15) is 11.5 Å². The maximum absolute atomic E-state index is 12.8. The smallest absolute Gasteiger partial charge is 0.268 e. The van der Waals surface area contributed by atoms with Crippen molar-refractivity contribution in [3.63, 3.8) is 0 Å². The van der Waals surface area contributed by atoms with Crippen LogP contribution in [0.25, 0.3) is 11.1 Å². The van der Waals surface area contributed by atoms with Crippen LogP contribution < -0.4 is 10.3 Å². The number of amides is 1. The van der Waals surface area contributed by atoms with E-state index in [2.05, 4.69) is 15.3 Å². The lowest BCUT2D eigenvalue weighted by molar-refractivity contribution is 0.0911. The summed E-state index contributed by atoms with van der Waals surface area (Å²) < 4.78 is 0. The van der Waals surface area contributed by atoms with Gasteiger partial charge < -0.3 is 15.4 Å². The monoisotopic (exact) mass is 407 g/mol. The molecule has 0 unspecified atom stereocenters. The number of pyridine rings is 1. The van der Waals surface area contributed by atoms with Gasteiger partial charge in [0.2, 0.25) is 0 Å². The number of carbonyl (C=O) groups is 1. The van der Waals surface area contributed by atoms with Gasteiger partial charge in [-0.2, -0.15) is 0 Å². The molecular formula is C23H29N5O2. The molecule has 1 aromatic carbocycles. The molecule has 3 aromatic rings. The van der Waals surface area contributed by atoms with Gasteiger partial charge in [0.25, 0.3) is 5.91 Å². The predicted molar refractivity (Wildman–Crippen MR) is 119 cm³/mol. The van der Waals surface area contributed by atoms with Crippen molar-refractivity contribution in [1.29, 1.82) is 0 Å². The number of nitrogens with zero attached hydrogens (tertiary/aromatic N) is 3. The van der Waals surface area contributed by atoms with Crippen molar-refractivity contribution < 1.29 is 9.90 Å². The first-order valence-corrected chi connectivity index (χ1v) is 9.85. The van der Waals surface area contributed by atoms with E-state index in [1.54, 1.807) is 0 Å². The van der Waals surface area contributed by atoms with Crippen molar-refractivity contribution in [2.75, 3.05) is 32.8 Å². The normalized spacial score (nSPS) is 12.1. The fourth-order valence-corrected chi connectivity index (χ4v) is 3.24. The van der Waals surface area contributed by atoms with Gasteiger partial charge in [0.15, 0.2) is 0 Å². The number of aromatic amines is 1. The van der Waals surface area contributed by atoms with Gasteiger partial charge in [-0.25, -0.2) is 9.99 Å². The summed E-state index contributed by atoms with van der Waals surface area (Å²) in [5.74, 6) is 0.548. The summed E-state index contributed by atoms with van der Waals surface area (Å²) >= 11 is 0. The number of anilines is 1. The molecule has 0 saturated carbocycles. The maximum atomic E-state index is 12.8. The number of hydrazine groups is 1. The number of benzene rings is 1. The third-order valence-electron chi connectivity index (χ3n) is 5.19. The number of nitrogens with one attached hydrogen (secondary N) is 2. The summed E-state index contributed by atoms with van der Waals surface area (Å²) in [6.07, 6.45) is 3.65. The minimum atomic E-state index is -0.466. The quantitative estimate of drug-likeness (QED) is 0.524. The average molecular weight is 408 g/mol. The Labute approximate surface area is 177 Å². The molecule has 0 bridgehead atoms. The number of H-pyrrole nitrogens is 1. The first-order valence-electron chi connectivity index (χ1n) is 9.85. The second-order valence-corrected chi connectivity index (χ2v) is 7.65. The minimum Gasteiger partial charge on any atom is -0.394 e. The number of rotatable bonds is 7. The minimum absolute atomic E-state index is 0.174. The Morgan fingerprint density at radius 1 is 1.20 bits per heavy atom. The summed E-state index contributed by atoms with van der Waals surface area (Å²) in [6, 6.07) is 11.1. The molecule has 158 valence electrons. The van der Waals surface area contributed by atoms with Gasteiger partial charge in [-0.15, -0.1) is 0 Å². The summed E-state index contributed by atoms with van der Waals surface area (Å²) in [5.41, 5.74) is 5.32. The van der Waals surface area contributed by atoms with E-state index in [-0.39, 0.29) is 12.5 Å². The van der Waals surface area contributed by atoms with Gasteiger partial charge in [-0.1, -0.05) is 29.8 Å². The molecule has 0 fully saturated rings. The lowest BCUT2D eigenvalue weighted by Crippen LogP contribution is -2.33. The lowest BCUT2D eigenvalue weighted by atomic mass is 10.0. The van der Waals surface area contributed by atoms with Crippen LogP contribution in [0.4, 0.5) is 5.82 Å². The van der Waals surface area contributed by atoms with E-state index in [1.807, 2.05) is 93.8 Å². The SMILES string of the molecule is Cc1cccc([C@@H](CO)NC(=O)c2cc(-c3cc(N(C)N(C)C)ncc3C)c[nH]2)c1. The molecule has 3 rings (SSSR count). The zero-order valence-corrected chi connectivity index (χ0v) is 18.1. The number of hydrogen-bond acceptors (Lipinski definition) is 5. The molecule has 1 amide bonds. The number of aliphatic hydroxyl groups excluding tert-OH is 1. The van der Waals surface area contributed by atoms with Gasteiger partial charge in [-0.05, 0) is 42.7 Å². The number of hydrogen-bond donors (Lipinski definition) is 3. The first-order chi connectivity index (χ1) is 14.3. The van der Waals surface area contributed by atoms with Gasteiger partial charge in [-0.3, -0.25) is 9.80 Å². The van der Waals surface area contributed by atoms with Crippen LogP contribution in [0.15, 0.2) is 48.8 Å². The summed E-state index contributed by atoms with van der Waals surface area (Å²) in [7, 11) is 5.84. The number of aryl methyl sites for hydroxylation is 2.